The van der Waals surface area contributed by atoms with Crippen LogP contribution in [0.4, 0.5) is 10.1 Å². The van der Waals surface area contributed by atoms with Crippen LogP contribution in [0.2, 0.25) is 0 Å². The predicted molar refractivity (Wildman–Crippen MR) is 78.8 cm³/mol. The molecule has 6 heteroatoms. The molecule has 2 aromatic rings. The van der Waals surface area contributed by atoms with E-state index in [1.54, 1.807) is 0 Å². The van der Waals surface area contributed by atoms with Gasteiger partial charge in [0.25, 0.3) is 0 Å². The molecule has 0 heterocycles. The maximum Gasteiger partial charge on any atom is 0.242 e. The number of benzene rings is 2. The molecule has 1 aliphatic rings. The lowest BCUT2D eigenvalue weighted by Gasteiger charge is -2.14. The number of nitrogen functional groups attached to an aromatic ring is 1. The maximum atomic E-state index is 13.0. The molecule has 0 aliphatic heterocycles. The molecule has 2 aromatic carbocycles. The highest BCUT2D eigenvalue weighted by Gasteiger charge is 2.27. The molecule has 0 amide bonds. The van der Waals surface area contributed by atoms with Crippen LogP contribution in [0, 0.1) is 5.82 Å². The third kappa shape index (κ3) is 2.77. The summed E-state index contributed by atoms with van der Waals surface area (Å²) in [6.07, 6.45) is 1.30. The summed E-state index contributed by atoms with van der Waals surface area (Å²) in [4.78, 5) is -0.0835. The Hall–Kier alpha value is -1.92. The minimum Gasteiger partial charge on any atom is -0.398 e. The van der Waals surface area contributed by atoms with E-state index in [4.69, 9.17) is 5.73 Å². The molecule has 0 bridgehead atoms. The van der Waals surface area contributed by atoms with E-state index < -0.39 is 15.8 Å². The van der Waals surface area contributed by atoms with Crippen molar-refractivity contribution in [2.24, 2.45) is 0 Å². The number of sulfonamides is 1. The highest BCUT2D eigenvalue weighted by atomic mass is 32.2. The zero-order valence-electron chi connectivity index (χ0n) is 11.2. The van der Waals surface area contributed by atoms with E-state index in [-0.39, 0.29) is 16.6 Å². The molecule has 0 saturated heterocycles. The zero-order valence-corrected chi connectivity index (χ0v) is 12.0. The van der Waals surface area contributed by atoms with E-state index in [0.717, 1.165) is 23.3 Å². The smallest absolute Gasteiger partial charge is 0.242 e. The number of nitrogens with one attached hydrogen (secondary N) is 1. The molecule has 0 spiro atoms. The SMILES string of the molecule is Nc1cc(F)ccc1S(=O)(=O)NC1Cc2ccccc2C1. The van der Waals surface area contributed by atoms with E-state index in [9.17, 15) is 12.8 Å². The fraction of sp³-hybridized carbons (Fsp3) is 0.200. The fourth-order valence-corrected chi connectivity index (χ4v) is 4.04. The van der Waals surface area contributed by atoms with Crippen molar-refractivity contribution >= 4 is 15.7 Å². The Balaban J connectivity index is 1.82. The van der Waals surface area contributed by atoms with Crippen LogP contribution in [-0.4, -0.2) is 14.5 Å². The molecule has 0 atom stereocenters. The number of halogens is 1. The average molecular weight is 306 g/mol. The van der Waals surface area contributed by atoms with Gasteiger partial charge in [-0.1, -0.05) is 24.3 Å². The van der Waals surface area contributed by atoms with Crippen LogP contribution in [-0.2, 0) is 22.9 Å². The summed E-state index contributed by atoms with van der Waals surface area (Å²) < 4.78 is 40.4. The van der Waals surface area contributed by atoms with Crippen LogP contribution >= 0.6 is 0 Å². The molecule has 3 N–H and O–H groups in total. The molecule has 110 valence electrons. The van der Waals surface area contributed by atoms with Crippen molar-refractivity contribution in [1.82, 2.24) is 4.72 Å². The van der Waals surface area contributed by atoms with Crippen molar-refractivity contribution in [2.75, 3.05) is 5.73 Å². The molecule has 0 unspecified atom stereocenters. The highest BCUT2D eigenvalue weighted by Crippen LogP contribution is 2.25. The van der Waals surface area contributed by atoms with Gasteiger partial charge in [0.15, 0.2) is 0 Å². The Morgan fingerprint density at radius 1 is 1.10 bits per heavy atom. The van der Waals surface area contributed by atoms with Crippen LogP contribution in [0.15, 0.2) is 47.4 Å². The van der Waals surface area contributed by atoms with Gasteiger partial charge in [-0.3, -0.25) is 0 Å². The lowest BCUT2D eigenvalue weighted by Crippen LogP contribution is -2.35. The Morgan fingerprint density at radius 3 is 2.29 bits per heavy atom. The monoisotopic (exact) mass is 306 g/mol. The summed E-state index contributed by atoms with van der Waals surface area (Å²) in [6.45, 7) is 0. The van der Waals surface area contributed by atoms with Gasteiger partial charge in [0.1, 0.15) is 10.7 Å². The van der Waals surface area contributed by atoms with Gasteiger partial charge in [0, 0.05) is 6.04 Å². The van der Waals surface area contributed by atoms with Gasteiger partial charge < -0.3 is 5.73 Å². The molecular weight excluding hydrogens is 291 g/mol. The standard InChI is InChI=1S/C15H15FN2O2S/c16-12-5-6-15(14(17)9-12)21(19,20)18-13-7-10-3-1-2-4-11(10)8-13/h1-6,9,13,18H,7-8,17H2. The summed E-state index contributed by atoms with van der Waals surface area (Å²) >= 11 is 0. The Bertz CT molecular complexity index is 765. The lowest BCUT2D eigenvalue weighted by molar-refractivity contribution is 0.555. The van der Waals surface area contributed by atoms with E-state index in [1.165, 1.54) is 6.07 Å². The van der Waals surface area contributed by atoms with Gasteiger partial charge in [-0.25, -0.2) is 17.5 Å². The number of hydrogen-bond donors (Lipinski definition) is 2. The second-order valence-corrected chi connectivity index (χ2v) is 6.86. The van der Waals surface area contributed by atoms with Gasteiger partial charge in [0.2, 0.25) is 10.0 Å². The molecule has 0 aromatic heterocycles. The predicted octanol–water partition coefficient (Wildman–Crippen LogP) is 1.85. The highest BCUT2D eigenvalue weighted by molar-refractivity contribution is 7.89. The van der Waals surface area contributed by atoms with Crippen LogP contribution in [0.25, 0.3) is 0 Å². The zero-order chi connectivity index (χ0) is 15.0. The molecule has 0 radical (unpaired) electrons. The largest absolute Gasteiger partial charge is 0.398 e. The topological polar surface area (TPSA) is 72.2 Å². The second-order valence-electron chi connectivity index (χ2n) is 5.18. The summed E-state index contributed by atoms with van der Waals surface area (Å²) in [5.74, 6) is -0.556. The molecule has 4 nitrogen and oxygen atoms in total. The summed E-state index contributed by atoms with van der Waals surface area (Å²) in [6, 6.07) is 11.0. The van der Waals surface area contributed by atoms with Crippen LogP contribution in [0.5, 0.6) is 0 Å². The number of fused-ring (bicyclic) bond motifs is 1. The third-order valence-corrected chi connectivity index (χ3v) is 5.23. The maximum absolute atomic E-state index is 13.0. The minimum absolute atomic E-state index is 0.0835. The van der Waals surface area contributed by atoms with Crippen LogP contribution in [0.1, 0.15) is 11.1 Å². The number of anilines is 1. The normalized spacial score (nSPS) is 15.1. The first kappa shape index (κ1) is 14.0. The van der Waals surface area contributed by atoms with E-state index in [0.29, 0.717) is 12.8 Å². The number of nitrogens with two attached hydrogens (primary N) is 1. The van der Waals surface area contributed by atoms with Crippen LogP contribution in [0.3, 0.4) is 0 Å². The number of hydrogen-bond acceptors (Lipinski definition) is 3. The summed E-state index contributed by atoms with van der Waals surface area (Å²) in [7, 11) is -3.75. The van der Waals surface area contributed by atoms with Crippen molar-refractivity contribution in [3.8, 4) is 0 Å². The number of rotatable bonds is 3. The Morgan fingerprint density at radius 2 is 1.71 bits per heavy atom. The molecule has 0 saturated carbocycles. The van der Waals surface area contributed by atoms with E-state index in [1.807, 2.05) is 24.3 Å². The van der Waals surface area contributed by atoms with Gasteiger partial charge >= 0.3 is 0 Å². The minimum atomic E-state index is -3.75. The molecule has 1 aliphatic carbocycles. The Labute approximate surface area is 122 Å². The van der Waals surface area contributed by atoms with E-state index in [2.05, 4.69) is 4.72 Å². The average Bonchev–Trinajstić information content (AvgIpc) is 2.79. The van der Waals surface area contributed by atoms with Gasteiger partial charge in [-0.2, -0.15) is 0 Å². The summed E-state index contributed by atoms with van der Waals surface area (Å²) in [5.41, 5.74) is 7.82. The quantitative estimate of drug-likeness (QED) is 0.850. The van der Waals surface area contributed by atoms with Crippen LogP contribution < -0.4 is 10.5 Å². The van der Waals surface area contributed by atoms with Gasteiger partial charge in [-0.05, 0) is 42.2 Å². The van der Waals surface area contributed by atoms with Gasteiger partial charge in [-0.15, -0.1) is 0 Å². The molecule has 3 rings (SSSR count). The first-order valence-electron chi connectivity index (χ1n) is 6.60. The molecular formula is C15H15FN2O2S. The van der Waals surface area contributed by atoms with Crippen molar-refractivity contribution in [3.05, 3.63) is 59.4 Å². The first-order chi connectivity index (χ1) is 9.95. The molecule has 0 fully saturated rings. The lowest BCUT2D eigenvalue weighted by atomic mass is 10.1. The second kappa shape index (κ2) is 5.13. The van der Waals surface area contributed by atoms with Gasteiger partial charge in [0.05, 0.1) is 5.69 Å². The van der Waals surface area contributed by atoms with E-state index >= 15 is 0 Å². The Kier molecular flexibility index (Phi) is 3.43. The van der Waals surface area contributed by atoms with Crippen molar-refractivity contribution in [3.63, 3.8) is 0 Å². The summed E-state index contributed by atoms with van der Waals surface area (Å²) in [5, 5.41) is 0. The first-order valence-corrected chi connectivity index (χ1v) is 8.08. The molecule has 21 heavy (non-hydrogen) atoms. The van der Waals surface area contributed by atoms with Crippen molar-refractivity contribution in [1.29, 1.82) is 0 Å². The van der Waals surface area contributed by atoms with Crippen molar-refractivity contribution < 1.29 is 12.8 Å². The third-order valence-electron chi connectivity index (χ3n) is 3.63. The fourth-order valence-electron chi connectivity index (χ4n) is 2.69. The van der Waals surface area contributed by atoms with Crippen molar-refractivity contribution in [2.45, 2.75) is 23.8 Å².